The van der Waals surface area contributed by atoms with E-state index in [2.05, 4.69) is 0 Å². The molecule has 2 rings (SSSR count). The normalized spacial score (nSPS) is 9.96. The van der Waals surface area contributed by atoms with Crippen LogP contribution in [0.1, 0.15) is 11.1 Å². The summed E-state index contributed by atoms with van der Waals surface area (Å²) in [5.41, 5.74) is 7.52. The van der Waals surface area contributed by atoms with E-state index in [4.69, 9.17) is 20.3 Å². The van der Waals surface area contributed by atoms with Crippen molar-refractivity contribution in [1.82, 2.24) is 0 Å². The van der Waals surface area contributed by atoms with Crippen molar-refractivity contribution >= 4 is 12.0 Å². The Morgan fingerprint density at radius 2 is 1.75 bits per heavy atom. The van der Waals surface area contributed by atoms with E-state index in [0.717, 1.165) is 29.6 Å². The lowest BCUT2D eigenvalue weighted by Crippen LogP contribution is -2.03. The second-order valence-corrected chi connectivity index (χ2v) is 4.81. The van der Waals surface area contributed by atoms with E-state index in [1.165, 1.54) is 5.56 Å². The van der Waals surface area contributed by atoms with Crippen molar-refractivity contribution in [2.75, 3.05) is 20.8 Å². The fourth-order valence-corrected chi connectivity index (χ4v) is 1.93. The Labute approximate surface area is 142 Å². The van der Waals surface area contributed by atoms with Crippen LogP contribution in [0.4, 0.5) is 0 Å². The fraction of sp³-hybridized carbons (Fsp3) is 0.211. The van der Waals surface area contributed by atoms with Crippen molar-refractivity contribution in [3.63, 3.8) is 0 Å². The van der Waals surface area contributed by atoms with Gasteiger partial charge < -0.3 is 20.3 Å². The molecule has 0 unspecified atom stereocenters. The number of rotatable bonds is 6. The van der Waals surface area contributed by atoms with E-state index in [1.807, 2.05) is 48.5 Å². The van der Waals surface area contributed by atoms with E-state index in [0.29, 0.717) is 6.54 Å². The largest absolute Gasteiger partial charge is 0.493 e. The Hall–Kier alpha value is -2.79. The molecule has 0 aliphatic heterocycles. The van der Waals surface area contributed by atoms with Gasteiger partial charge >= 0.3 is 5.97 Å². The van der Waals surface area contributed by atoms with Crippen molar-refractivity contribution in [3.8, 4) is 11.5 Å². The highest BCUT2D eigenvalue weighted by Crippen LogP contribution is 2.27. The predicted molar refractivity (Wildman–Crippen MR) is 95.4 cm³/mol. The van der Waals surface area contributed by atoms with Crippen LogP contribution in [0.25, 0.3) is 6.08 Å². The molecule has 0 aromatic heterocycles. The molecule has 0 saturated carbocycles. The van der Waals surface area contributed by atoms with Crippen molar-refractivity contribution in [2.45, 2.75) is 6.42 Å². The minimum atomic E-state index is -0.922. The minimum Gasteiger partial charge on any atom is -0.493 e. The van der Waals surface area contributed by atoms with E-state index >= 15 is 0 Å². The number of nitrogens with two attached hydrogens (primary N) is 1. The summed E-state index contributed by atoms with van der Waals surface area (Å²) in [6.45, 7) is 0.648. The Kier molecular flexibility index (Phi) is 8.71. The Morgan fingerprint density at radius 3 is 2.29 bits per heavy atom. The van der Waals surface area contributed by atoms with Gasteiger partial charge in [-0.25, -0.2) is 4.79 Å². The lowest BCUT2D eigenvalue weighted by Gasteiger charge is -2.08. The second-order valence-electron chi connectivity index (χ2n) is 4.81. The molecule has 0 radical (unpaired) electrons. The zero-order valence-corrected chi connectivity index (χ0v) is 13.9. The minimum absolute atomic E-state index is 0.648. The van der Waals surface area contributed by atoms with E-state index in [1.54, 1.807) is 20.3 Å². The Balaban J connectivity index is 0.000000243. The number of hydrogen-bond donors (Lipinski definition) is 2. The Morgan fingerprint density at radius 1 is 1.08 bits per heavy atom. The van der Waals surface area contributed by atoms with Crippen LogP contribution in [-0.4, -0.2) is 31.8 Å². The van der Waals surface area contributed by atoms with Gasteiger partial charge in [-0.05, 0) is 42.3 Å². The summed E-state index contributed by atoms with van der Waals surface area (Å²) in [7, 11) is 3.25. The molecular weight excluding hydrogens is 306 g/mol. The quantitative estimate of drug-likeness (QED) is 0.796. The van der Waals surface area contributed by atoms with Gasteiger partial charge in [0, 0.05) is 6.08 Å². The molecule has 0 aliphatic carbocycles. The van der Waals surface area contributed by atoms with Crippen LogP contribution in [0.5, 0.6) is 11.5 Å². The molecular formula is C19H23NO4. The molecule has 0 spiro atoms. The third kappa shape index (κ3) is 6.98. The molecule has 0 heterocycles. The number of carboxylic acids is 1. The monoisotopic (exact) mass is 329 g/mol. The molecule has 0 fully saturated rings. The van der Waals surface area contributed by atoms with Gasteiger partial charge in [-0.2, -0.15) is 0 Å². The number of carboxylic acid groups (broad SMARTS) is 1. The van der Waals surface area contributed by atoms with Gasteiger partial charge in [-0.15, -0.1) is 0 Å². The smallest absolute Gasteiger partial charge is 0.328 e. The SMILES string of the molecule is COc1ccc(CCN)cc1OC.O=C(O)/C=C/c1ccccc1. The maximum atomic E-state index is 10.1. The van der Waals surface area contributed by atoms with Crippen LogP contribution in [0.3, 0.4) is 0 Å². The first kappa shape index (κ1) is 19.3. The third-order valence-corrected chi connectivity index (χ3v) is 3.10. The van der Waals surface area contributed by atoms with Crippen molar-refractivity contribution < 1.29 is 19.4 Å². The fourth-order valence-electron chi connectivity index (χ4n) is 1.93. The summed E-state index contributed by atoms with van der Waals surface area (Å²) in [5.74, 6) is 0.588. The highest BCUT2D eigenvalue weighted by Gasteiger charge is 2.03. The molecule has 3 N–H and O–H groups in total. The summed E-state index contributed by atoms with van der Waals surface area (Å²) in [6, 6.07) is 15.1. The van der Waals surface area contributed by atoms with Gasteiger partial charge in [0.05, 0.1) is 14.2 Å². The lowest BCUT2D eigenvalue weighted by atomic mass is 10.1. The van der Waals surface area contributed by atoms with Crippen LogP contribution >= 0.6 is 0 Å². The van der Waals surface area contributed by atoms with Gasteiger partial charge in [0.1, 0.15) is 0 Å². The van der Waals surface area contributed by atoms with E-state index < -0.39 is 5.97 Å². The molecule has 128 valence electrons. The molecule has 5 heteroatoms. The number of ether oxygens (including phenoxy) is 2. The summed E-state index contributed by atoms with van der Waals surface area (Å²) < 4.78 is 10.3. The number of benzene rings is 2. The number of hydrogen-bond acceptors (Lipinski definition) is 4. The summed E-state index contributed by atoms with van der Waals surface area (Å²) >= 11 is 0. The molecule has 0 atom stereocenters. The molecule has 2 aromatic carbocycles. The van der Waals surface area contributed by atoms with Gasteiger partial charge in [-0.1, -0.05) is 36.4 Å². The number of aliphatic carboxylic acids is 1. The topological polar surface area (TPSA) is 81.8 Å². The first-order valence-electron chi connectivity index (χ1n) is 7.47. The van der Waals surface area contributed by atoms with Crippen LogP contribution in [0, 0.1) is 0 Å². The average molecular weight is 329 g/mol. The standard InChI is InChI=1S/C10H15NO2.C9H8O2/c1-12-9-4-3-8(5-6-11)7-10(9)13-2;10-9(11)7-6-8-4-2-1-3-5-8/h3-4,7H,5-6,11H2,1-2H3;1-7H,(H,10,11)/b;7-6+. The summed E-state index contributed by atoms with van der Waals surface area (Å²) in [6.07, 6.45) is 3.54. The van der Waals surface area contributed by atoms with Crippen LogP contribution in [0.2, 0.25) is 0 Å². The molecule has 0 aliphatic rings. The Bertz CT molecular complexity index is 654. The first-order valence-corrected chi connectivity index (χ1v) is 7.47. The van der Waals surface area contributed by atoms with Gasteiger partial charge in [0.25, 0.3) is 0 Å². The molecule has 0 bridgehead atoms. The van der Waals surface area contributed by atoms with Crippen LogP contribution in [-0.2, 0) is 11.2 Å². The molecule has 0 saturated heterocycles. The second kappa shape index (κ2) is 10.9. The number of carbonyl (C=O) groups is 1. The van der Waals surface area contributed by atoms with Crippen molar-refractivity contribution in [1.29, 1.82) is 0 Å². The van der Waals surface area contributed by atoms with Gasteiger partial charge in [0.15, 0.2) is 11.5 Å². The van der Waals surface area contributed by atoms with Gasteiger partial charge in [0.2, 0.25) is 0 Å². The molecule has 5 nitrogen and oxygen atoms in total. The lowest BCUT2D eigenvalue weighted by molar-refractivity contribution is -0.131. The maximum absolute atomic E-state index is 10.1. The molecule has 0 amide bonds. The van der Waals surface area contributed by atoms with Crippen molar-refractivity contribution in [3.05, 3.63) is 65.7 Å². The van der Waals surface area contributed by atoms with E-state index in [-0.39, 0.29) is 0 Å². The highest BCUT2D eigenvalue weighted by molar-refractivity contribution is 5.85. The summed E-state index contributed by atoms with van der Waals surface area (Å²) in [4.78, 5) is 10.1. The van der Waals surface area contributed by atoms with Crippen molar-refractivity contribution in [2.24, 2.45) is 5.73 Å². The van der Waals surface area contributed by atoms with Crippen LogP contribution < -0.4 is 15.2 Å². The maximum Gasteiger partial charge on any atom is 0.328 e. The molecule has 2 aromatic rings. The predicted octanol–water partition coefficient (Wildman–Crippen LogP) is 2.99. The van der Waals surface area contributed by atoms with E-state index in [9.17, 15) is 4.79 Å². The molecule has 24 heavy (non-hydrogen) atoms. The summed E-state index contributed by atoms with van der Waals surface area (Å²) in [5, 5.41) is 8.29. The third-order valence-electron chi connectivity index (χ3n) is 3.10. The van der Waals surface area contributed by atoms with Crippen LogP contribution in [0.15, 0.2) is 54.6 Å². The first-order chi connectivity index (χ1) is 11.6. The van der Waals surface area contributed by atoms with Gasteiger partial charge in [-0.3, -0.25) is 0 Å². The highest BCUT2D eigenvalue weighted by atomic mass is 16.5. The number of methoxy groups -OCH3 is 2. The zero-order valence-electron chi connectivity index (χ0n) is 13.9. The zero-order chi connectivity index (χ0) is 17.8. The average Bonchev–Trinajstić information content (AvgIpc) is 2.61.